The van der Waals surface area contributed by atoms with Gasteiger partial charge in [-0.2, -0.15) is 0 Å². The summed E-state index contributed by atoms with van der Waals surface area (Å²) >= 11 is 0. The molecule has 0 aromatic heterocycles. The summed E-state index contributed by atoms with van der Waals surface area (Å²) in [5.74, 6) is 1.73. The maximum Gasteiger partial charge on any atom is 0.224 e. The Morgan fingerprint density at radius 2 is 2.32 bits per heavy atom. The second-order valence-electron chi connectivity index (χ2n) is 4.51. The van der Waals surface area contributed by atoms with Gasteiger partial charge in [-0.3, -0.25) is 4.79 Å². The van der Waals surface area contributed by atoms with E-state index in [2.05, 4.69) is 10.6 Å². The van der Waals surface area contributed by atoms with Crippen molar-refractivity contribution in [3.8, 4) is 11.5 Å². The molecule has 2 rings (SSSR count). The smallest absolute Gasteiger partial charge is 0.224 e. The molecule has 19 heavy (non-hydrogen) atoms. The van der Waals surface area contributed by atoms with Crippen LogP contribution >= 0.6 is 0 Å². The van der Waals surface area contributed by atoms with E-state index in [1.165, 1.54) is 0 Å². The van der Waals surface area contributed by atoms with E-state index in [1.807, 2.05) is 24.3 Å². The highest BCUT2D eigenvalue weighted by atomic mass is 16.5. The summed E-state index contributed by atoms with van der Waals surface area (Å²) in [6.07, 6.45) is 0.919. The maximum atomic E-state index is 11.7. The normalized spacial score (nSPS) is 18.1. The van der Waals surface area contributed by atoms with Crippen LogP contribution in [-0.4, -0.2) is 39.3 Å². The van der Waals surface area contributed by atoms with Crippen LogP contribution in [0.1, 0.15) is 6.42 Å². The van der Waals surface area contributed by atoms with Gasteiger partial charge in [-0.25, -0.2) is 0 Å². The number of rotatable bonds is 6. The van der Waals surface area contributed by atoms with Crippen LogP contribution in [-0.2, 0) is 4.79 Å². The summed E-state index contributed by atoms with van der Waals surface area (Å²) in [6, 6.07) is 7.42. The average Bonchev–Trinajstić information content (AvgIpc) is 2.98. The molecule has 1 atom stereocenters. The number of hydrogen-bond acceptors (Lipinski definition) is 4. The molecule has 2 N–H and O–H groups in total. The van der Waals surface area contributed by atoms with Gasteiger partial charge in [0.15, 0.2) is 0 Å². The number of nitrogens with one attached hydrogen (secondary N) is 2. The Labute approximate surface area is 113 Å². The third-order valence-corrected chi connectivity index (χ3v) is 3.14. The second kappa shape index (κ2) is 6.99. The van der Waals surface area contributed by atoms with Gasteiger partial charge in [-0.15, -0.1) is 0 Å². The lowest BCUT2D eigenvalue weighted by Crippen LogP contribution is -2.34. The van der Waals surface area contributed by atoms with Gasteiger partial charge in [0.2, 0.25) is 5.91 Å². The first kappa shape index (κ1) is 13.7. The number of carbonyl (C=O) groups is 1. The molecule has 104 valence electrons. The van der Waals surface area contributed by atoms with Gasteiger partial charge in [0.05, 0.1) is 19.6 Å². The Morgan fingerprint density at radius 3 is 3.05 bits per heavy atom. The molecular weight excluding hydrogens is 244 g/mol. The number of ether oxygens (including phenoxy) is 2. The fraction of sp³-hybridized carbons (Fsp3) is 0.500. The predicted molar refractivity (Wildman–Crippen MR) is 72.5 cm³/mol. The van der Waals surface area contributed by atoms with E-state index in [0.29, 0.717) is 13.2 Å². The highest BCUT2D eigenvalue weighted by Gasteiger charge is 2.21. The van der Waals surface area contributed by atoms with E-state index >= 15 is 0 Å². The fourth-order valence-corrected chi connectivity index (χ4v) is 2.06. The van der Waals surface area contributed by atoms with Gasteiger partial charge >= 0.3 is 0 Å². The molecule has 1 aliphatic heterocycles. The van der Waals surface area contributed by atoms with E-state index in [0.717, 1.165) is 31.0 Å². The van der Waals surface area contributed by atoms with Crippen molar-refractivity contribution in [2.45, 2.75) is 6.42 Å². The van der Waals surface area contributed by atoms with Crippen LogP contribution in [0.3, 0.4) is 0 Å². The van der Waals surface area contributed by atoms with Crippen LogP contribution in [0.25, 0.3) is 0 Å². The van der Waals surface area contributed by atoms with E-state index in [1.54, 1.807) is 7.11 Å². The first-order valence-corrected chi connectivity index (χ1v) is 6.55. The molecule has 1 heterocycles. The molecule has 1 saturated heterocycles. The maximum absolute atomic E-state index is 11.7. The fourth-order valence-electron chi connectivity index (χ4n) is 2.06. The molecule has 1 aromatic rings. The lowest BCUT2D eigenvalue weighted by Gasteiger charge is -2.11. The number of carbonyl (C=O) groups excluding carboxylic acids is 1. The Bertz CT molecular complexity index is 417. The van der Waals surface area contributed by atoms with Crippen LogP contribution in [0.15, 0.2) is 24.3 Å². The van der Waals surface area contributed by atoms with Crippen LogP contribution < -0.4 is 20.1 Å². The molecule has 1 aliphatic rings. The van der Waals surface area contributed by atoms with Crippen LogP contribution in [0.2, 0.25) is 0 Å². The third-order valence-electron chi connectivity index (χ3n) is 3.14. The first-order valence-electron chi connectivity index (χ1n) is 6.55. The molecule has 0 bridgehead atoms. The monoisotopic (exact) mass is 264 g/mol. The van der Waals surface area contributed by atoms with E-state index in [9.17, 15) is 4.79 Å². The largest absolute Gasteiger partial charge is 0.497 e. The van der Waals surface area contributed by atoms with Crippen molar-refractivity contribution in [2.75, 3.05) is 33.4 Å². The number of amides is 1. The Hall–Kier alpha value is -1.75. The van der Waals surface area contributed by atoms with Crippen LogP contribution in [0.5, 0.6) is 11.5 Å². The minimum Gasteiger partial charge on any atom is -0.497 e. The molecule has 0 spiro atoms. The molecule has 5 heteroatoms. The molecule has 0 radical (unpaired) electrons. The zero-order valence-electron chi connectivity index (χ0n) is 11.1. The van der Waals surface area contributed by atoms with Crippen molar-refractivity contribution >= 4 is 5.91 Å². The third kappa shape index (κ3) is 4.13. The minimum absolute atomic E-state index is 0.108. The van der Waals surface area contributed by atoms with E-state index in [-0.39, 0.29) is 11.8 Å². The zero-order valence-corrected chi connectivity index (χ0v) is 11.1. The molecular formula is C14H20N2O3. The average molecular weight is 264 g/mol. The second-order valence-corrected chi connectivity index (χ2v) is 4.51. The van der Waals surface area contributed by atoms with Crippen molar-refractivity contribution < 1.29 is 14.3 Å². The predicted octanol–water partition coefficient (Wildman–Crippen LogP) is 0.800. The lowest BCUT2D eigenvalue weighted by atomic mass is 10.1. The standard InChI is InChI=1S/C14H20N2O3/c1-18-12-3-2-4-13(9-12)19-8-7-16-14(17)11-5-6-15-10-11/h2-4,9,11,15H,5-8,10H2,1H3,(H,16,17). The SMILES string of the molecule is COc1cccc(OCCNC(=O)C2CCNC2)c1. The first-order chi connectivity index (χ1) is 9.29. The molecule has 5 nitrogen and oxygen atoms in total. The van der Waals surface area contributed by atoms with Gasteiger partial charge in [0.1, 0.15) is 18.1 Å². The van der Waals surface area contributed by atoms with Crippen LogP contribution in [0.4, 0.5) is 0 Å². The molecule has 0 aliphatic carbocycles. The van der Waals surface area contributed by atoms with Gasteiger partial charge in [0.25, 0.3) is 0 Å². The molecule has 1 fully saturated rings. The van der Waals surface area contributed by atoms with Crippen molar-refractivity contribution in [1.82, 2.24) is 10.6 Å². The summed E-state index contributed by atoms with van der Waals surface area (Å²) in [6.45, 7) is 2.69. The molecule has 1 unspecified atom stereocenters. The number of hydrogen-bond donors (Lipinski definition) is 2. The topological polar surface area (TPSA) is 59.6 Å². The van der Waals surface area contributed by atoms with Gasteiger partial charge < -0.3 is 20.1 Å². The van der Waals surface area contributed by atoms with Crippen molar-refractivity contribution in [2.24, 2.45) is 5.92 Å². The summed E-state index contributed by atoms with van der Waals surface area (Å²) in [7, 11) is 1.62. The highest BCUT2D eigenvalue weighted by Crippen LogP contribution is 2.18. The summed E-state index contributed by atoms with van der Waals surface area (Å²) in [5.41, 5.74) is 0. The summed E-state index contributed by atoms with van der Waals surface area (Å²) in [5, 5.41) is 6.06. The van der Waals surface area contributed by atoms with Crippen molar-refractivity contribution in [3.63, 3.8) is 0 Å². The molecule has 1 aromatic carbocycles. The van der Waals surface area contributed by atoms with Gasteiger partial charge in [-0.1, -0.05) is 6.07 Å². The van der Waals surface area contributed by atoms with Gasteiger partial charge in [0, 0.05) is 12.6 Å². The van der Waals surface area contributed by atoms with Crippen molar-refractivity contribution in [1.29, 1.82) is 0 Å². The quantitative estimate of drug-likeness (QED) is 0.746. The number of methoxy groups -OCH3 is 1. The van der Waals surface area contributed by atoms with E-state index < -0.39 is 0 Å². The van der Waals surface area contributed by atoms with E-state index in [4.69, 9.17) is 9.47 Å². The highest BCUT2D eigenvalue weighted by molar-refractivity contribution is 5.79. The zero-order chi connectivity index (χ0) is 13.5. The molecule has 1 amide bonds. The Balaban J connectivity index is 1.67. The number of benzene rings is 1. The summed E-state index contributed by atoms with van der Waals surface area (Å²) in [4.78, 5) is 11.7. The minimum atomic E-state index is 0.108. The summed E-state index contributed by atoms with van der Waals surface area (Å²) < 4.78 is 10.7. The van der Waals surface area contributed by atoms with Crippen molar-refractivity contribution in [3.05, 3.63) is 24.3 Å². The lowest BCUT2D eigenvalue weighted by molar-refractivity contribution is -0.124. The Kier molecular flexibility index (Phi) is 5.03. The Morgan fingerprint density at radius 1 is 1.47 bits per heavy atom. The molecule has 0 saturated carbocycles. The van der Waals surface area contributed by atoms with Crippen LogP contribution in [0, 0.1) is 5.92 Å². The van der Waals surface area contributed by atoms with Gasteiger partial charge in [-0.05, 0) is 25.1 Å².